The Morgan fingerprint density at radius 3 is 2.89 bits per heavy atom. The molecule has 1 aliphatic rings. The molecule has 0 amide bonds. The Labute approximate surface area is 109 Å². The van der Waals surface area contributed by atoms with Crippen LogP contribution in [0.4, 0.5) is 0 Å². The number of aromatic nitrogens is 2. The van der Waals surface area contributed by atoms with Crippen molar-refractivity contribution in [2.45, 2.75) is 25.2 Å². The third kappa shape index (κ3) is 2.04. The molecule has 1 atom stereocenters. The summed E-state index contributed by atoms with van der Waals surface area (Å²) in [5, 5.41) is 4.53. The van der Waals surface area contributed by atoms with Crippen molar-refractivity contribution in [2.75, 3.05) is 0 Å². The molecular weight excluding hydrogens is 252 g/mol. The molecule has 1 saturated carbocycles. The van der Waals surface area contributed by atoms with E-state index < -0.39 is 0 Å². The first kappa shape index (κ1) is 11.4. The van der Waals surface area contributed by atoms with Crippen molar-refractivity contribution >= 4 is 17.4 Å². The highest BCUT2D eigenvalue weighted by atomic mass is 35.5. The van der Waals surface area contributed by atoms with Crippen LogP contribution in [0, 0.1) is 0 Å². The van der Waals surface area contributed by atoms with E-state index in [0.717, 1.165) is 12.0 Å². The normalized spacial score (nSPS) is 19.4. The first-order chi connectivity index (χ1) is 8.74. The van der Waals surface area contributed by atoms with Gasteiger partial charge in [0.2, 0.25) is 11.7 Å². The van der Waals surface area contributed by atoms with Gasteiger partial charge in [-0.3, -0.25) is 4.79 Å². The van der Waals surface area contributed by atoms with Crippen molar-refractivity contribution in [3.8, 4) is 11.4 Å². The average Bonchev–Trinajstić information content (AvgIpc) is 2.98. The maximum atomic E-state index is 11.2. The van der Waals surface area contributed by atoms with Gasteiger partial charge in [-0.1, -0.05) is 28.9 Å². The summed E-state index contributed by atoms with van der Waals surface area (Å²) in [5.74, 6) is 1.35. The molecule has 1 unspecified atom stereocenters. The highest BCUT2D eigenvalue weighted by Gasteiger charge is 2.28. The number of hydrogen-bond donors (Lipinski definition) is 0. The van der Waals surface area contributed by atoms with Crippen LogP contribution in [-0.2, 0) is 4.79 Å². The highest BCUT2D eigenvalue weighted by molar-refractivity contribution is 6.33. The number of hydrogen-bond acceptors (Lipinski definition) is 4. The van der Waals surface area contributed by atoms with Crippen LogP contribution >= 0.6 is 11.6 Å². The lowest BCUT2D eigenvalue weighted by Gasteiger charge is -1.99. The van der Waals surface area contributed by atoms with Gasteiger partial charge in [-0.15, -0.1) is 0 Å². The van der Waals surface area contributed by atoms with Crippen LogP contribution in [0.3, 0.4) is 0 Å². The number of ketones is 1. The van der Waals surface area contributed by atoms with E-state index in [2.05, 4.69) is 10.1 Å². The summed E-state index contributed by atoms with van der Waals surface area (Å²) in [6.07, 6.45) is 1.90. The second kappa shape index (κ2) is 4.53. The number of rotatable bonds is 2. The van der Waals surface area contributed by atoms with Gasteiger partial charge in [0.25, 0.3) is 0 Å². The molecule has 1 heterocycles. The van der Waals surface area contributed by atoms with Gasteiger partial charge in [0.15, 0.2) is 0 Å². The third-order valence-corrected chi connectivity index (χ3v) is 3.48. The number of halogens is 1. The summed E-state index contributed by atoms with van der Waals surface area (Å²) in [7, 11) is 0. The largest absolute Gasteiger partial charge is 0.339 e. The molecule has 0 aliphatic heterocycles. The standard InChI is InChI=1S/C13H11ClN2O2/c14-11-4-2-1-3-10(11)12-15-13(18-16-12)8-5-6-9(17)7-8/h1-4,8H,5-7H2. The lowest BCUT2D eigenvalue weighted by atomic mass is 10.1. The molecule has 0 saturated heterocycles. The summed E-state index contributed by atoms with van der Waals surface area (Å²) in [6, 6.07) is 7.35. The summed E-state index contributed by atoms with van der Waals surface area (Å²) in [4.78, 5) is 15.6. The third-order valence-electron chi connectivity index (χ3n) is 3.15. The van der Waals surface area contributed by atoms with Gasteiger partial charge in [-0.25, -0.2) is 0 Å². The van der Waals surface area contributed by atoms with Crippen molar-refractivity contribution in [2.24, 2.45) is 0 Å². The minimum atomic E-state index is 0.0706. The van der Waals surface area contributed by atoms with E-state index in [1.807, 2.05) is 18.2 Å². The van der Waals surface area contributed by atoms with Gasteiger partial charge >= 0.3 is 0 Å². The van der Waals surface area contributed by atoms with Crippen LogP contribution in [0.25, 0.3) is 11.4 Å². The number of nitrogens with zero attached hydrogens (tertiary/aromatic N) is 2. The molecule has 5 heteroatoms. The lowest BCUT2D eigenvalue weighted by Crippen LogP contribution is -1.94. The molecule has 0 bridgehead atoms. The zero-order valence-corrected chi connectivity index (χ0v) is 10.4. The van der Waals surface area contributed by atoms with Gasteiger partial charge in [0.1, 0.15) is 5.78 Å². The van der Waals surface area contributed by atoms with Crippen LogP contribution in [0.5, 0.6) is 0 Å². The highest BCUT2D eigenvalue weighted by Crippen LogP contribution is 2.33. The Morgan fingerprint density at radius 1 is 1.33 bits per heavy atom. The molecule has 3 rings (SSSR count). The van der Waals surface area contributed by atoms with E-state index in [1.165, 1.54) is 0 Å². The molecule has 1 aromatic heterocycles. The summed E-state index contributed by atoms with van der Waals surface area (Å²) in [6.45, 7) is 0. The second-order valence-electron chi connectivity index (χ2n) is 4.41. The van der Waals surface area contributed by atoms with E-state index in [4.69, 9.17) is 16.1 Å². The second-order valence-corrected chi connectivity index (χ2v) is 4.82. The van der Waals surface area contributed by atoms with Crippen molar-refractivity contribution < 1.29 is 9.32 Å². The molecular formula is C13H11ClN2O2. The lowest BCUT2D eigenvalue weighted by molar-refractivity contribution is -0.117. The first-order valence-electron chi connectivity index (χ1n) is 5.84. The average molecular weight is 263 g/mol. The zero-order valence-electron chi connectivity index (χ0n) is 9.60. The van der Waals surface area contributed by atoms with Crippen LogP contribution < -0.4 is 0 Å². The van der Waals surface area contributed by atoms with Crippen LogP contribution in [0.15, 0.2) is 28.8 Å². The number of carbonyl (C=O) groups is 1. The first-order valence-corrected chi connectivity index (χ1v) is 6.22. The van der Waals surface area contributed by atoms with Crippen molar-refractivity contribution in [3.63, 3.8) is 0 Å². The molecule has 4 nitrogen and oxygen atoms in total. The molecule has 1 aromatic carbocycles. The Hall–Kier alpha value is -1.68. The predicted octanol–water partition coefficient (Wildman–Crippen LogP) is 3.23. The van der Waals surface area contributed by atoms with E-state index in [-0.39, 0.29) is 11.7 Å². The van der Waals surface area contributed by atoms with Crippen LogP contribution in [0.1, 0.15) is 31.1 Å². The molecule has 1 fully saturated rings. The summed E-state index contributed by atoms with van der Waals surface area (Å²) >= 11 is 6.08. The number of benzene rings is 1. The minimum Gasteiger partial charge on any atom is -0.339 e. The van der Waals surface area contributed by atoms with E-state index in [9.17, 15) is 4.79 Å². The smallest absolute Gasteiger partial charge is 0.230 e. The fourth-order valence-corrected chi connectivity index (χ4v) is 2.40. The van der Waals surface area contributed by atoms with Crippen molar-refractivity contribution in [1.82, 2.24) is 10.1 Å². The topological polar surface area (TPSA) is 56.0 Å². The van der Waals surface area contributed by atoms with Gasteiger partial charge in [0.05, 0.1) is 5.02 Å². The number of carbonyl (C=O) groups excluding carboxylic acids is 1. The molecule has 92 valence electrons. The molecule has 0 spiro atoms. The van der Waals surface area contributed by atoms with Crippen molar-refractivity contribution in [1.29, 1.82) is 0 Å². The minimum absolute atomic E-state index is 0.0706. The van der Waals surface area contributed by atoms with Gasteiger partial charge in [-0.05, 0) is 18.6 Å². The molecule has 0 radical (unpaired) electrons. The monoisotopic (exact) mass is 262 g/mol. The van der Waals surface area contributed by atoms with Gasteiger partial charge in [0, 0.05) is 24.3 Å². The number of Topliss-reactive ketones (excluding diaryl/α,β-unsaturated/α-hetero) is 1. The quantitative estimate of drug-likeness (QED) is 0.834. The Bertz CT molecular complexity index is 594. The zero-order chi connectivity index (χ0) is 12.5. The molecule has 1 aliphatic carbocycles. The maximum absolute atomic E-state index is 11.2. The fraction of sp³-hybridized carbons (Fsp3) is 0.308. The summed E-state index contributed by atoms with van der Waals surface area (Å²) < 4.78 is 5.23. The molecule has 0 N–H and O–H groups in total. The van der Waals surface area contributed by atoms with Crippen LogP contribution in [0.2, 0.25) is 5.02 Å². The van der Waals surface area contributed by atoms with Gasteiger partial charge < -0.3 is 4.52 Å². The van der Waals surface area contributed by atoms with E-state index >= 15 is 0 Å². The Balaban J connectivity index is 1.90. The van der Waals surface area contributed by atoms with E-state index in [0.29, 0.717) is 29.6 Å². The predicted molar refractivity (Wildman–Crippen MR) is 66.3 cm³/mol. The van der Waals surface area contributed by atoms with Crippen molar-refractivity contribution in [3.05, 3.63) is 35.2 Å². The van der Waals surface area contributed by atoms with E-state index in [1.54, 1.807) is 6.07 Å². The molecule has 18 heavy (non-hydrogen) atoms. The summed E-state index contributed by atoms with van der Waals surface area (Å²) in [5.41, 5.74) is 0.749. The Morgan fingerprint density at radius 2 is 2.17 bits per heavy atom. The SMILES string of the molecule is O=C1CCC(c2nc(-c3ccccc3Cl)no2)C1. The molecule has 2 aromatic rings. The fourth-order valence-electron chi connectivity index (χ4n) is 2.18. The Kier molecular flexibility index (Phi) is 2.88. The van der Waals surface area contributed by atoms with Gasteiger partial charge in [-0.2, -0.15) is 4.98 Å². The van der Waals surface area contributed by atoms with Crippen LogP contribution in [-0.4, -0.2) is 15.9 Å². The maximum Gasteiger partial charge on any atom is 0.230 e.